The fourth-order valence-electron chi connectivity index (χ4n) is 3.44. The highest BCUT2D eigenvalue weighted by atomic mass is 16.5. The van der Waals surface area contributed by atoms with Crippen molar-refractivity contribution in [1.82, 2.24) is 25.4 Å². The summed E-state index contributed by atoms with van der Waals surface area (Å²) in [6.07, 6.45) is 6.02. The first-order valence-corrected chi connectivity index (χ1v) is 10.5. The van der Waals surface area contributed by atoms with Gasteiger partial charge < -0.3 is 19.9 Å². The molecule has 2 heterocycles. The molecule has 1 aromatic carbocycles. The average molecular weight is 383 g/mol. The van der Waals surface area contributed by atoms with Gasteiger partial charge in [-0.25, -0.2) is 4.99 Å². The van der Waals surface area contributed by atoms with Gasteiger partial charge in [0.25, 0.3) is 0 Å². The van der Waals surface area contributed by atoms with Gasteiger partial charge in [-0.15, -0.1) is 10.2 Å². The maximum Gasteiger partial charge on any atom is 0.191 e. The Kier molecular flexibility index (Phi) is 6.09. The van der Waals surface area contributed by atoms with E-state index in [1.165, 1.54) is 25.7 Å². The molecule has 2 aliphatic rings. The Hall–Kier alpha value is -2.57. The summed E-state index contributed by atoms with van der Waals surface area (Å²) in [5.41, 5.74) is 1.11. The summed E-state index contributed by atoms with van der Waals surface area (Å²) in [4.78, 5) is 4.76. The fourth-order valence-corrected chi connectivity index (χ4v) is 3.44. The summed E-state index contributed by atoms with van der Waals surface area (Å²) in [6, 6.07) is 8.19. The highest BCUT2D eigenvalue weighted by molar-refractivity contribution is 5.79. The average Bonchev–Trinajstić information content (AvgIpc) is 3.47. The summed E-state index contributed by atoms with van der Waals surface area (Å²) < 4.78 is 8.24. The largest absolute Gasteiger partial charge is 0.493 e. The highest BCUT2D eigenvalue weighted by Crippen LogP contribution is 2.30. The van der Waals surface area contributed by atoms with Gasteiger partial charge in [0.1, 0.15) is 11.6 Å². The van der Waals surface area contributed by atoms with E-state index in [0.717, 1.165) is 61.0 Å². The number of rotatable bonds is 8. The van der Waals surface area contributed by atoms with E-state index in [1.807, 2.05) is 18.2 Å². The van der Waals surface area contributed by atoms with Gasteiger partial charge in [-0.1, -0.05) is 18.2 Å². The smallest absolute Gasteiger partial charge is 0.191 e. The van der Waals surface area contributed by atoms with Crippen molar-refractivity contribution < 1.29 is 4.74 Å². The van der Waals surface area contributed by atoms with Gasteiger partial charge in [0, 0.05) is 25.1 Å². The van der Waals surface area contributed by atoms with Crippen LogP contribution in [0.25, 0.3) is 0 Å². The van der Waals surface area contributed by atoms with E-state index in [4.69, 9.17) is 9.73 Å². The normalized spacial score (nSPS) is 16.5. The molecule has 1 aliphatic heterocycles. The number of para-hydroxylation sites is 1. The van der Waals surface area contributed by atoms with Crippen molar-refractivity contribution in [3.05, 3.63) is 41.5 Å². The standard InChI is InChI=1S/C21H30N6O/c1-2-22-21(24-14-20-26-25-19-9-5-6-12-27(19)20)23-13-17-7-3-4-8-18(17)28-15-16-10-11-16/h3-4,7-8,16H,2,5-6,9-15H2,1H3,(H2,22,23,24). The van der Waals surface area contributed by atoms with E-state index in [9.17, 15) is 0 Å². The van der Waals surface area contributed by atoms with Crippen LogP contribution in [0.4, 0.5) is 0 Å². The van der Waals surface area contributed by atoms with Crippen molar-refractivity contribution in [2.75, 3.05) is 13.2 Å². The van der Waals surface area contributed by atoms with E-state index < -0.39 is 0 Å². The predicted octanol–water partition coefficient (Wildman–Crippen LogP) is 2.66. The fraction of sp³-hybridized carbons (Fsp3) is 0.571. The lowest BCUT2D eigenvalue weighted by Gasteiger charge is -2.16. The van der Waals surface area contributed by atoms with Crippen molar-refractivity contribution >= 4 is 5.96 Å². The molecular formula is C21H30N6O. The minimum Gasteiger partial charge on any atom is -0.493 e. The van der Waals surface area contributed by atoms with Gasteiger partial charge in [0.05, 0.1) is 19.7 Å². The van der Waals surface area contributed by atoms with Gasteiger partial charge >= 0.3 is 0 Å². The van der Waals surface area contributed by atoms with E-state index in [1.54, 1.807) is 0 Å². The lowest BCUT2D eigenvalue weighted by atomic mass is 10.2. The van der Waals surface area contributed by atoms with Crippen LogP contribution in [-0.2, 0) is 26.1 Å². The molecule has 0 saturated heterocycles. The van der Waals surface area contributed by atoms with Crippen LogP contribution in [0.1, 0.15) is 49.8 Å². The maximum absolute atomic E-state index is 6.00. The molecule has 0 amide bonds. The Labute approximate surface area is 166 Å². The molecule has 2 aromatic rings. The predicted molar refractivity (Wildman–Crippen MR) is 109 cm³/mol. The minimum atomic E-state index is 0.577. The Balaban J connectivity index is 1.38. The van der Waals surface area contributed by atoms with E-state index in [2.05, 4.69) is 38.4 Å². The molecule has 1 aromatic heterocycles. The maximum atomic E-state index is 6.00. The van der Waals surface area contributed by atoms with Crippen LogP contribution in [0, 0.1) is 5.92 Å². The summed E-state index contributed by atoms with van der Waals surface area (Å²) >= 11 is 0. The monoisotopic (exact) mass is 382 g/mol. The number of hydrogen-bond donors (Lipinski definition) is 2. The van der Waals surface area contributed by atoms with Crippen LogP contribution in [-0.4, -0.2) is 33.9 Å². The molecule has 4 rings (SSSR count). The number of fused-ring (bicyclic) bond motifs is 1. The van der Waals surface area contributed by atoms with E-state index in [0.29, 0.717) is 13.1 Å². The van der Waals surface area contributed by atoms with Crippen LogP contribution in [0.3, 0.4) is 0 Å². The lowest BCUT2D eigenvalue weighted by Crippen LogP contribution is -2.37. The van der Waals surface area contributed by atoms with Crippen molar-refractivity contribution in [1.29, 1.82) is 0 Å². The Morgan fingerprint density at radius 3 is 2.96 bits per heavy atom. The van der Waals surface area contributed by atoms with Crippen molar-refractivity contribution in [2.45, 2.75) is 58.7 Å². The molecule has 0 bridgehead atoms. The second-order valence-electron chi connectivity index (χ2n) is 7.55. The molecular weight excluding hydrogens is 352 g/mol. The van der Waals surface area contributed by atoms with Crippen LogP contribution >= 0.6 is 0 Å². The SMILES string of the molecule is CCNC(=NCc1ccccc1OCC1CC1)NCc1nnc2n1CCCC2. The van der Waals surface area contributed by atoms with Crippen LogP contribution in [0.15, 0.2) is 29.3 Å². The Morgan fingerprint density at radius 1 is 1.21 bits per heavy atom. The Morgan fingerprint density at radius 2 is 2.11 bits per heavy atom. The summed E-state index contributed by atoms with van der Waals surface area (Å²) in [5.74, 6) is 4.55. The van der Waals surface area contributed by atoms with Gasteiger partial charge in [0.2, 0.25) is 0 Å². The highest BCUT2D eigenvalue weighted by Gasteiger charge is 2.22. The number of aliphatic imine (C=N–C) groups is 1. The van der Waals surface area contributed by atoms with Gasteiger partial charge in [-0.3, -0.25) is 0 Å². The number of aromatic nitrogens is 3. The summed E-state index contributed by atoms with van der Waals surface area (Å²) in [7, 11) is 0. The number of nitrogens with one attached hydrogen (secondary N) is 2. The summed E-state index contributed by atoms with van der Waals surface area (Å²) in [5, 5.41) is 15.4. The van der Waals surface area contributed by atoms with E-state index in [-0.39, 0.29) is 0 Å². The van der Waals surface area contributed by atoms with Crippen molar-refractivity contribution in [3.63, 3.8) is 0 Å². The number of benzene rings is 1. The molecule has 1 aliphatic carbocycles. The molecule has 7 nitrogen and oxygen atoms in total. The van der Waals surface area contributed by atoms with Crippen LogP contribution < -0.4 is 15.4 Å². The first-order chi connectivity index (χ1) is 13.8. The van der Waals surface area contributed by atoms with Crippen molar-refractivity contribution in [3.8, 4) is 5.75 Å². The second kappa shape index (κ2) is 9.08. The zero-order valence-corrected chi connectivity index (χ0v) is 16.7. The quantitative estimate of drug-likeness (QED) is 0.542. The van der Waals surface area contributed by atoms with Gasteiger partial charge in [-0.2, -0.15) is 0 Å². The molecule has 150 valence electrons. The van der Waals surface area contributed by atoms with Crippen LogP contribution in [0.2, 0.25) is 0 Å². The molecule has 0 spiro atoms. The topological polar surface area (TPSA) is 76.4 Å². The number of ether oxygens (including phenoxy) is 1. The van der Waals surface area contributed by atoms with E-state index >= 15 is 0 Å². The molecule has 7 heteroatoms. The molecule has 0 unspecified atom stereocenters. The zero-order chi connectivity index (χ0) is 19.2. The first kappa shape index (κ1) is 18.8. The third-order valence-electron chi connectivity index (χ3n) is 5.25. The van der Waals surface area contributed by atoms with Gasteiger partial charge in [0.15, 0.2) is 11.8 Å². The Bertz CT molecular complexity index is 811. The molecule has 1 fully saturated rings. The van der Waals surface area contributed by atoms with Crippen LogP contribution in [0.5, 0.6) is 5.75 Å². The lowest BCUT2D eigenvalue weighted by molar-refractivity contribution is 0.297. The van der Waals surface area contributed by atoms with Crippen molar-refractivity contribution in [2.24, 2.45) is 10.9 Å². The molecule has 2 N–H and O–H groups in total. The number of guanidine groups is 1. The first-order valence-electron chi connectivity index (χ1n) is 10.5. The third kappa shape index (κ3) is 4.82. The molecule has 0 atom stereocenters. The minimum absolute atomic E-state index is 0.577. The number of hydrogen-bond acceptors (Lipinski definition) is 4. The summed E-state index contributed by atoms with van der Waals surface area (Å²) in [6.45, 7) is 5.91. The number of aryl methyl sites for hydroxylation is 1. The number of nitrogens with zero attached hydrogens (tertiary/aromatic N) is 4. The zero-order valence-electron chi connectivity index (χ0n) is 16.7. The molecule has 1 saturated carbocycles. The van der Waals surface area contributed by atoms with Gasteiger partial charge in [-0.05, 0) is 44.6 Å². The molecule has 28 heavy (non-hydrogen) atoms. The second-order valence-corrected chi connectivity index (χ2v) is 7.55. The third-order valence-corrected chi connectivity index (χ3v) is 5.25. The molecule has 0 radical (unpaired) electrons.